The molecule has 0 radical (unpaired) electrons. The maximum atomic E-state index is 2.66. The average Bonchev–Trinajstić information content (AvgIpc) is 3.45. The summed E-state index contributed by atoms with van der Waals surface area (Å²) in [5.74, 6) is 3.48. The lowest BCUT2D eigenvalue weighted by Gasteiger charge is -2.63. The maximum absolute atomic E-state index is 2.66. The second kappa shape index (κ2) is 6.14. The van der Waals surface area contributed by atoms with Crippen LogP contribution in [0, 0.1) is 23.7 Å². The largest absolute Gasteiger partial charge is 0.309 e. The summed E-state index contributed by atoms with van der Waals surface area (Å²) in [7, 11) is 0. The van der Waals surface area contributed by atoms with E-state index in [1.54, 1.807) is 16.7 Å². The Hall–Kier alpha value is -3.32. The first-order valence-corrected chi connectivity index (χ1v) is 14.1. The summed E-state index contributed by atoms with van der Waals surface area (Å²) >= 11 is 0. The molecule has 1 aromatic heterocycles. The lowest BCUT2D eigenvalue weighted by molar-refractivity contribution is -0.0421. The fourth-order valence-corrected chi connectivity index (χ4v) is 10.4. The highest BCUT2D eigenvalue weighted by atomic mass is 15.0. The van der Waals surface area contributed by atoms with Crippen LogP contribution in [-0.4, -0.2) is 4.57 Å². The molecule has 0 amide bonds. The van der Waals surface area contributed by atoms with Crippen molar-refractivity contribution < 1.29 is 0 Å². The van der Waals surface area contributed by atoms with Crippen LogP contribution in [0.3, 0.4) is 0 Å². The molecule has 1 heteroatoms. The maximum Gasteiger partial charge on any atom is 0.0582 e. The molecule has 1 aliphatic heterocycles. The number of nitrogens with zero attached hydrogens (tertiary/aromatic N) is 1. The minimum absolute atomic E-state index is 0.167. The van der Waals surface area contributed by atoms with E-state index in [9.17, 15) is 0 Å². The molecule has 2 heterocycles. The number of rotatable bonds is 0. The van der Waals surface area contributed by atoms with Crippen molar-refractivity contribution in [3.8, 4) is 16.8 Å². The summed E-state index contributed by atoms with van der Waals surface area (Å²) in [5.41, 5.74) is 14.0. The standard InChI is InChI=1S/C35H29N/c1-2-7-25-22(6-1)19-29-26(25)12-13-32-33(29)35(23-15-20-14-21(17-23)18-24(35)16-20)30-10-5-9-28-27-8-3-4-11-31(27)36(32)34(28)30/h1-13,20-21,23-24H,14-19H2. The van der Waals surface area contributed by atoms with Crippen LogP contribution in [0.5, 0.6) is 0 Å². The molecule has 174 valence electrons. The molecule has 4 aromatic carbocycles. The Balaban J connectivity index is 1.41. The van der Waals surface area contributed by atoms with Crippen molar-refractivity contribution in [2.24, 2.45) is 23.7 Å². The number of aromatic nitrogens is 1. The van der Waals surface area contributed by atoms with Gasteiger partial charge in [0, 0.05) is 16.2 Å². The van der Waals surface area contributed by atoms with Crippen molar-refractivity contribution in [3.05, 3.63) is 101 Å². The minimum atomic E-state index is 0.167. The molecule has 6 aliphatic rings. The Kier molecular flexibility index (Phi) is 3.22. The van der Waals surface area contributed by atoms with Crippen LogP contribution in [0.2, 0.25) is 0 Å². The molecule has 36 heavy (non-hydrogen) atoms. The van der Waals surface area contributed by atoms with Gasteiger partial charge in [-0.05, 0) is 108 Å². The summed E-state index contributed by atoms with van der Waals surface area (Å²) in [6.07, 6.45) is 8.31. The summed E-state index contributed by atoms with van der Waals surface area (Å²) in [4.78, 5) is 0. The quantitative estimate of drug-likeness (QED) is 0.213. The topological polar surface area (TPSA) is 4.93 Å². The van der Waals surface area contributed by atoms with Crippen molar-refractivity contribution in [1.82, 2.24) is 4.57 Å². The van der Waals surface area contributed by atoms with Gasteiger partial charge < -0.3 is 4.57 Å². The molecule has 0 atom stereocenters. The van der Waals surface area contributed by atoms with Crippen LogP contribution in [0.1, 0.15) is 54.4 Å². The zero-order valence-electron chi connectivity index (χ0n) is 20.5. The van der Waals surface area contributed by atoms with E-state index >= 15 is 0 Å². The van der Waals surface area contributed by atoms with Crippen molar-refractivity contribution in [2.45, 2.75) is 43.9 Å². The zero-order valence-corrected chi connectivity index (χ0v) is 20.5. The van der Waals surface area contributed by atoms with Crippen LogP contribution in [0.4, 0.5) is 0 Å². The van der Waals surface area contributed by atoms with Gasteiger partial charge in [0.1, 0.15) is 0 Å². The zero-order chi connectivity index (χ0) is 23.2. The first kappa shape index (κ1) is 18.9. The summed E-state index contributed by atoms with van der Waals surface area (Å²) in [5, 5.41) is 2.86. The Morgan fingerprint density at radius 2 is 1.39 bits per heavy atom. The molecule has 0 saturated heterocycles. The number of para-hydroxylation sites is 2. The molecule has 11 rings (SSSR count). The second-order valence-corrected chi connectivity index (χ2v) is 12.5. The molecule has 4 fully saturated rings. The van der Waals surface area contributed by atoms with E-state index in [0.717, 1.165) is 30.1 Å². The highest BCUT2D eigenvalue weighted by Gasteiger charge is 2.61. The monoisotopic (exact) mass is 463 g/mol. The van der Waals surface area contributed by atoms with E-state index < -0.39 is 0 Å². The number of hydrogen-bond acceptors (Lipinski definition) is 0. The highest BCUT2D eigenvalue weighted by Crippen LogP contribution is 2.69. The molecule has 0 N–H and O–H groups in total. The van der Waals surface area contributed by atoms with Gasteiger partial charge in [0.05, 0.1) is 16.7 Å². The number of hydrogen-bond donors (Lipinski definition) is 0. The molecule has 4 bridgehead atoms. The van der Waals surface area contributed by atoms with E-state index in [4.69, 9.17) is 0 Å². The van der Waals surface area contributed by atoms with Crippen molar-refractivity contribution >= 4 is 21.8 Å². The first-order chi connectivity index (χ1) is 17.8. The first-order valence-electron chi connectivity index (χ1n) is 14.1. The lowest BCUT2D eigenvalue weighted by Crippen LogP contribution is -2.57. The van der Waals surface area contributed by atoms with Gasteiger partial charge in [-0.25, -0.2) is 0 Å². The fraction of sp³-hybridized carbons (Fsp3) is 0.314. The van der Waals surface area contributed by atoms with Gasteiger partial charge in [0.25, 0.3) is 0 Å². The molecular weight excluding hydrogens is 434 g/mol. The lowest BCUT2D eigenvalue weighted by atomic mass is 9.41. The Bertz CT molecular complexity index is 1750. The molecule has 4 saturated carbocycles. The van der Waals surface area contributed by atoms with Crippen LogP contribution in [0.25, 0.3) is 38.6 Å². The minimum Gasteiger partial charge on any atom is -0.309 e. The van der Waals surface area contributed by atoms with Crippen LogP contribution < -0.4 is 0 Å². The van der Waals surface area contributed by atoms with E-state index in [2.05, 4.69) is 83.4 Å². The summed E-state index contributed by atoms with van der Waals surface area (Å²) in [6.45, 7) is 0. The van der Waals surface area contributed by atoms with Gasteiger partial charge in [0.15, 0.2) is 0 Å². The molecular formula is C35H29N. The Morgan fingerprint density at radius 3 is 2.25 bits per heavy atom. The smallest absolute Gasteiger partial charge is 0.0582 e. The van der Waals surface area contributed by atoms with Crippen LogP contribution in [0.15, 0.2) is 78.9 Å². The number of fused-ring (bicyclic) bond motifs is 9. The van der Waals surface area contributed by atoms with Crippen molar-refractivity contribution in [1.29, 1.82) is 0 Å². The van der Waals surface area contributed by atoms with Gasteiger partial charge in [-0.3, -0.25) is 0 Å². The fourth-order valence-electron chi connectivity index (χ4n) is 10.4. The third-order valence-corrected chi connectivity index (χ3v) is 11.2. The summed E-state index contributed by atoms with van der Waals surface area (Å²) in [6, 6.07) is 30.6. The molecule has 1 nitrogen and oxygen atoms in total. The van der Waals surface area contributed by atoms with E-state index in [1.807, 2.05) is 0 Å². The SMILES string of the molecule is c1ccc2c(c1)Cc1c-2ccc2c1C1(c3cccc4c5ccccc5n-2c34)C2CC3CC(C2)CC1C3. The molecule has 1 spiro atoms. The van der Waals surface area contributed by atoms with Crippen LogP contribution >= 0.6 is 0 Å². The van der Waals surface area contributed by atoms with Crippen molar-refractivity contribution in [2.75, 3.05) is 0 Å². The molecule has 5 aromatic rings. The van der Waals surface area contributed by atoms with Crippen molar-refractivity contribution in [3.63, 3.8) is 0 Å². The third-order valence-electron chi connectivity index (χ3n) is 11.2. The normalized spacial score (nSPS) is 30.2. The highest BCUT2D eigenvalue weighted by molar-refractivity contribution is 6.12. The molecule has 5 aliphatic carbocycles. The summed E-state index contributed by atoms with van der Waals surface area (Å²) < 4.78 is 2.66. The third kappa shape index (κ3) is 1.95. The van der Waals surface area contributed by atoms with Gasteiger partial charge >= 0.3 is 0 Å². The average molecular weight is 464 g/mol. The second-order valence-electron chi connectivity index (χ2n) is 12.5. The van der Waals surface area contributed by atoms with Gasteiger partial charge in [-0.2, -0.15) is 0 Å². The van der Waals surface area contributed by atoms with E-state index in [1.165, 1.54) is 76.3 Å². The van der Waals surface area contributed by atoms with Gasteiger partial charge in [0.2, 0.25) is 0 Å². The predicted molar refractivity (Wildman–Crippen MR) is 147 cm³/mol. The molecule has 0 unspecified atom stereocenters. The van der Waals surface area contributed by atoms with Gasteiger partial charge in [-0.15, -0.1) is 0 Å². The number of benzene rings is 4. The predicted octanol–water partition coefficient (Wildman–Crippen LogP) is 8.41. The van der Waals surface area contributed by atoms with Crippen LogP contribution in [-0.2, 0) is 11.8 Å². The van der Waals surface area contributed by atoms with E-state index in [-0.39, 0.29) is 5.41 Å². The van der Waals surface area contributed by atoms with E-state index in [0.29, 0.717) is 0 Å². The Labute approximate surface area is 211 Å². The van der Waals surface area contributed by atoms with Gasteiger partial charge in [-0.1, -0.05) is 66.7 Å². The Morgan fingerprint density at radius 1 is 0.639 bits per heavy atom.